The zero-order valence-corrected chi connectivity index (χ0v) is 14.6. The molecule has 1 N–H and O–H groups in total. The first kappa shape index (κ1) is 17.3. The molecule has 2 aromatic carbocycles. The molecule has 3 rings (SSSR count). The number of rotatable bonds is 7. The van der Waals surface area contributed by atoms with Gasteiger partial charge in [0.1, 0.15) is 6.61 Å². The van der Waals surface area contributed by atoms with E-state index in [1.807, 2.05) is 30.3 Å². The molecule has 1 fully saturated rings. The molecule has 0 heterocycles. The summed E-state index contributed by atoms with van der Waals surface area (Å²) in [5, 5.41) is 4.64. The fourth-order valence-corrected chi connectivity index (χ4v) is 2.45. The van der Waals surface area contributed by atoms with Crippen molar-refractivity contribution < 1.29 is 14.3 Å². The predicted octanol–water partition coefficient (Wildman–Crippen LogP) is 3.79. The third-order valence-corrected chi connectivity index (χ3v) is 4.23. The summed E-state index contributed by atoms with van der Waals surface area (Å²) in [6.45, 7) is 0.348. The summed E-state index contributed by atoms with van der Waals surface area (Å²) in [4.78, 5) is 11.5. The molecule has 1 aliphatic rings. The van der Waals surface area contributed by atoms with Crippen molar-refractivity contribution in [1.29, 1.82) is 0 Å². The van der Waals surface area contributed by atoms with Crippen LogP contribution in [0.3, 0.4) is 0 Å². The molecule has 0 bridgehead atoms. The Labute approximate surface area is 151 Å². The van der Waals surface area contributed by atoms with Crippen molar-refractivity contribution in [2.45, 2.75) is 19.4 Å². The molecule has 0 unspecified atom stereocenters. The Kier molecular flexibility index (Phi) is 5.56. The van der Waals surface area contributed by atoms with Gasteiger partial charge in [0.05, 0.1) is 13.3 Å². The molecule has 1 amide bonds. The standard InChI is InChI=1S/C19H19ClN2O3/c1-24-18-10-13(11-21-22-19(23)14-7-8-14)6-9-17(18)25-12-15-4-2-3-5-16(15)20/h2-6,9-11,14H,7-8,12H2,1H3,(H,22,23)/b21-11+. The second-order valence-electron chi connectivity index (χ2n) is 5.80. The van der Waals surface area contributed by atoms with E-state index in [1.165, 1.54) is 0 Å². The highest BCUT2D eigenvalue weighted by Gasteiger charge is 2.29. The summed E-state index contributed by atoms with van der Waals surface area (Å²) in [5.41, 5.74) is 4.25. The lowest BCUT2D eigenvalue weighted by Gasteiger charge is -2.12. The van der Waals surface area contributed by atoms with Crippen LogP contribution in [0, 0.1) is 5.92 Å². The highest BCUT2D eigenvalue weighted by Crippen LogP contribution is 2.30. The minimum Gasteiger partial charge on any atom is -0.493 e. The molecule has 0 spiro atoms. The Morgan fingerprint density at radius 2 is 2.08 bits per heavy atom. The Balaban J connectivity index is 1.63. The predicted molar refractivity (Wildman–Crippen MR) is 97.2 cm³/mol. The summed E-state index contributed by atoms with van der Waals surface area (Å²) in [6.07, 6.45) is 3.49. The second-order valence-corrected chi connectivity index (χ2v) is 6.21. The molecule has 2 aromatic rings. The smallest absolute Gasteiger partial charge is 0.243 e. The van der Waals surface area contributed by atoms with Gasteiger partial charge in [-0.05, 0) is 42.7 Å². The maximum atomic E-state index is 11.5. The maximum absolute atomic E-state index is 11.5. The van der Waals surface area contributed by atoms with Gasteiger partial charge < -0.3 is 9.47 Å². The average Bonchev–Trinajstić information content (AvgIpc) is 3.46. The maximum Gasteiger partial charge on any atom is 0.243 e. The average molecular weight is 359 g/mol. The van der Waals surface area contributed by atoms with E-state index in [0.717, 1.165) is 24.0 Å². The van der Waals surface area contributed by atoms with Crippen molar-refractivity contribution in [3.8, 4) is 11.5 Å². The van der Waals surface area contributed by atoms with Crippen LogP contribution in [0.4, 0.5) is 0 Å². The van der Waals surface area contributed by atoms with Gasteiger partial charge >= 0.3 is 0 Å². The third-order valence-electron chi connectivity index (χ3n) is 3.87. The van der Waals surface area contributed by atoms with Crippen LogP contribution >= 0.6 is 11.6 Å². The largest absolute Gasteiger partial charge is 0.493 e. The highest BCUT2D eigenvalue weighted by molar-refractivity contribution is 6.31. The number of ether oxygens (including phenoxy) is 2. The molecule has 0 atom stereocenters. The Bertz CT molecular complexity index is 788. The van der Waals surface area contributed by atoms with Crippen LogP contribution in [-0.2, 0) is 11.4 Å². The summed E-state index contributed by atoms with van der Waals surface area (Å²) < 4.78 is 11.2. The van der Waals surface area contributed by atoms with Crippen molar-refractivity contribution in [3.63, 3.8) is 0 Å². The van der Waals surface area contributed by atoms with E-state index in [2.05, 4.69) is 10.5 Å². The van der Waals surface area contributed by atoms with Crippen LogP contribution in [0.1, 0.15) is 24.0 Å². The molecule has 0 radical (unpaired) electrons. The SMILES string of the molecule is COc1cc(/C=N/NC(=O)C2CC2)ccc1OCc1ccccc1Cl. The van der Waals surface area contributed by atoms with Crippen LogP contribution < -0.4 is 14.9 Å². The summed E-state index contributed by atoms with van der Waals surface area (Å²) in [5.74, 6) is 1.31. The van der Waals surface area contributed by atoms with Crippen molar-refractivity contribution in [2.24, 2.45) is 11.0 Å². The van der Waals surface area contributed by atoms with E-state index in [4.69, 9.17) is 21.1 Å². The van der Waals surface area contributed by atoms with Crippen LogP contribution in [0.2, 0.25) is 5.02 Å². The lowest BCUT2D eigenvalue weighted by atomic mass is 10.2. The van der Waals surface area contributed by atoms with E-state index >= 15 is 0 Å². The number of nitrogens with zero attached hydrogens (tertiary/aromatic N) is 1. The number of nitrogens with one attached hydrogen (secondary N) is 1. The minimum absolute atomic E-state index is 0.0251. The van der Waals surface area contributed by atoms with E-state index in [1.54, 1.807) is 25.5 Å². The lowest BCUT2D eigenvalue weighted by Crippen LogP contribution is -2.18. The van der Waals surface area contributed by atoms with Gasteiger partial charge in [-0.15, -0.1) is 0 Å². The number of amides is 1. The zero-order valence-electron chi connectivity index (χ0n) is 13.9. The number of benzene rings is 2. The van der Waals surface area contributed by atoms with Gasteiger partial charge in [-0.3, -0.25) is 4.79 Å². The minimum atomic E-state index is -0.0251. The number of hydrogen-bond acceptors (Lipinski definition) is 4. The van der Waals surface area contributed by atoms with Crippen LogP contribution in [-0.4, -0.2) is 19.2 Å². The number of hydrazone groups is 1. The van der Waals surface area contributed by atoms with E-state index in [0.29, 0.717) is 23.1 Å². The Morgan fingerprint density at radius 1 is 1.28 bits per heavy atom. The lowest BCUT2D eigenvalue weighted by molar-refractivity contribution is -0.122. The highest BCUT2D eigenvalue weighted by atomic mass is 35.5. The molecule has 25 heavy (non-hydrogen) atoms. The first-order chi connectivity index (χ1) is 12.2. The molecule has 0 aliphatic heterocycles. The fourth-order valence-electron chi connectivity index (χ4n) is 2.26. The van der Waals surface area contributed by atoms with Crippen molar-refractivity contribution in [2.75, 3.05) is 7.11 Å². The quantitative estimate of drug-likeness (QED) is 0.605. The first-order valence-corrected chi connectivity index (χ1v) is 8.42. The number of halogens is 1. The van der Waals surface area contributed by atoms with Crippen molar-refractivity contribution >= 4 is 23.7 Å². The molecule has 1 saturated carbocycles. The molecule has 130 valence electrons. The third kappa shape index (κ3) is 4.73. The number of methoxy groups -OCH3 is 1. The van der Waals surface area contributed by atoms with E-state index in [9.17, 15) is 4.79 Å². The van der Waals surface area contributed by atoms with Gasteiger partial charge in [-0.25, -0.2) is 5.43 Å². The van der Waals surface area contributed by atoms with Crippen LogP contribution in [0.5, 0.6) is 11.5 Å². The van der Waals surface area contributed by atoms with E-state index in [-0.39, 0.29) is 11.8 Å². The topological polar surface area (TPSA) is 59.9 Å². The number of carbonyl (C=O) groups is 1. The molecule has 5 nitrogen and oxygen atoms in total. The monoisotopic (exact) mass is 358 g/mol. The van der Waals surface area contributed by atoms with Gasteiger partial charge in [0.25, 0.3) is 0 Å². The van der Waals surface area contributed by atoms with Gasteiger partial charge in [0, 0.05) is 16.5 Å². The molecule has 0 aromatic heterocycles. The second kappa shape index (κ2) is 8.03. The first-order valence-electron chi connectivity index (χ1n) is 8.04. The van der Waals surface area contributed by atoms with Crippen LogP contribution in [0.25, 0.3) is 0 Å². The molecular weight excluding hydrogens is 340 g/mol. The van der Waals surface area contributed by atoms with Gasteiger partial charge in [-0.1, -0.05) is 29.8 Å². The van der Waals surface area contributed by atoms with Crippen LogP contribution in [0.15, 0.2) is 47.6 Å². The Hall–Kier alpha value is -2.53. The molecule has 6 heteroatoms. The van der Waals surface area contributed by atoms with Gasteiger partial charge in [-0.2, -0.15) is 5.10 Å². The van der Waals surface area contributed by atoms with Crippen molar-refractivity contribution in [1.82, 2.24) is 5.43 Å². The molecule has 0 saturated heterocycles. The van der Waals surface area contributed by atoms with Gasteiger partial charge in [0.2, 0.25) is 5.91 Å². The summed E-state index contributed by atoms with van der Waals surface area (Å²) in [7, 11) is 1.58. The van der Waals surface area contributed by atoms with E-state index < -0.39 is 0 Å². The zero-order chi connectivity index (χ0) is 17.6. The summed E-state index contributed by atoms with van der Waals surface area (Å²) >= 11 is 6.14. The summed E-state index contributed by atoms with van der Waals surface area (Å²) in [6, 6.07) is 13.0. The fraction of sp³-hybridized carbons (Fsp3) is 0.263. The number of carbonyl (C=O) groups excluding carboxylic acids is 1. The number of hydrogen-bond donors (Lipinski definition) is 1. The Morgan fingerprint density at radius 3 is 2.80 bits per heavy atom. The molecular formula is C19H19ClN2O3. The van der Waals surface area contributed by atoms with Crippen molar-refractivity contribution in [3.05, 3.63) is 58.6 Å². The normalized spacial score (nSPS) is 13.7. The molecule has 1 aliphatic carbocycles. The van der Waals surface area contributed by atoms with Gasteiger partial charge in [0.15, 0.2) is 11.5 Å².